The molecule has 7 heteroatoms. The number of carbonyl (C=O) groups excluding carboxylic acids is 2. The Morgan fingerprint density at radius 1 is 0.692 bits per heavy atom. The molecule has 0 radical (unpaired) electrons. The van der Waals surface area contributed by atoms with Gasteiger partial charge in [-0.15, -0.1) is 0 Å². The molecule has 0 unspecified atom stereocenters. The van der Waals surface area contributed by atoms with E-state index in [0.717, 1.165) is 55.2 Å². The molecule has 0 N–H and O–H groups in total. The van der Waals surface area contributed by atoms with Gasteiger partial charge in [0.05, 0.1) is 33.6 Å². The molecule has 1 aromatic heterocycles. The van der Waals surface area contributed by atoms with Crippen LogP contribution in [0.2, 0.25) is 0 Å². The highest BCUT2D eigenvalue weighted by atomic mass is 16.5. The maximum absolute atomic E-state index is 11.8. The minimum Gasteiger partial charge on any atom is -0.469 e. The maximum Gasteiger partial charge on any atom is 0.309 e. The lowest BCUT2D eigenvalue weighted by Crippen LogP contribution is -2.07. The van der Waals surface area contributed by atoms with Crippen LogP contribution in [0.4, 0.5) is 0 Å². The molecule has 5 aromatic rings. The topological polar surface area (TPSA) is 83.3 Å². The second-order valence-corrected chi connectivity index (χ2v) is 10.0. The van der Waals surface area contributed by atoms with Crippen molar-refractivity contribution in [3.05, 3.63) is 83.9 Å². The summed E-state index contributed by atoms with van der Waals surface area (Å²) >= 11 is 0. The van der Waals surface area contributed by atoms with Crippen LogP contribution in [-0.4, -0.2) is 41.2 Å². The van der Waals surface area contributed by atoms with Crippen molar-refractivity contribution in [1.29, 1.82) is 0 Å². The molecule has 5 rings (SSSR count). The molecule has 0 atom stereocenters. The van der Waals surface area contributed by atoms with Crippen molar-refractivity contribution in [3.8, 4) is 22.3 Å². The second kappa shape index (κ2) is 11.1. The van der Waals surface area contributed by atoms with Gasteiger partial charge in [-0.25, -0.2) is 0 Å². The summed E-state index contributed by atoms with van der Waals surface area (Å²) in [6, 6.07) is 24.2. The highest BCUT2D eigenvalue weighted by Gasteiger charge is 2.21. The van der Waals surface area contributed by atoms with Gasteiger partial charge >= 0.3 is 11.9 Å². The van der Waals surface area contributed by atoms with E-state index in [9.17, 15) is 9.59 Å². The number of hydrogen-bond donors (Lipinski definition) is 0. The molecule has 0 aliphatic carbocycles. The third kappa shape index (κ3) is 5.39. The molecule has 4 aromatic carbocycles. The summed E-state index contributed by atoms with van der Waals surface area (Å²) in [5.74, 6) is -0.160. The fourth-order valence-corrected chi connectivity index (χ4v) is 4.91. The Balaban J connectivity index is 1.72. The molecule has 0 saturated heterocycles. The Labute approximate surface area is 227 Å². The van der Waals surface area contributed by atoms with E-state index in [1.165, 1.54) is 14.2 Å². The summed E-state index contributed by atoms with van der Waals surface area (Å²) in [6.45, 7) is 4.98. The summed E-state index contributed by atoms with van der Waals surface area (Å²) in [7, 11) is 2.79. The average Bonchev–Trinajstić information content (AvgIpc) is 3.34. The van der Waals surface area contributed by atoms with Crippen molar-refractivity contribution >= 4 is 33.7 Å². The third-order valence-electron chi connectivity index (χ3n) is 6.76. The molecule has 1 heterocycles. The lowest BCUT2D eigenvalue weighted by Gasteiger charge is -2.14. The smallest absolute Gasteiger partial charge is 0.309 e. The average molecular weight is 522 g/mol. The molecule has 0 saturated carbocycles. The zero-order valence-corrected chi connectivity index (χ0v) is 22.6. The van der Waals surface area contributed by atoms with Crippen LogP contribution in [0.15, 0.2) is 72.8 Å². The van der Waals surface area contributed by atoms with Crippen LogP contribution < -0.4 is 0 Å². The molecule has 0 aliphatic rings. The summed E-state index contributed by atoms with van der Waals surface area (Å²) in [4.78, 5) is 25.3. The first-order valence-electron chi connectivity index (χ1n) is 13.0. The van der Waals surface area contributed by atoms with E-state index in [1.54, 1.807) is 4.80 Å². The minimum absolute atomic E-state index is 0.225. The summed E-state index contributed by atoms with van der Waals surface area (Å²) < 4.78 is 9.65. The normalized spacial score (nSPS) is 11.3. The molecular formula is C32H31N3O4. The monoisotopic (exact) mass is 521 g/mol. The fraction of sp³-hybridized carbons (Fsp3) is 0.250. The molecule has 0 amide bonds. The van der Waals surface area contributed by atoms with E-state index in [0.29, 0.717) is 12.5 Å². The van der Waals surface area contributed by atoms with Crippen LogP contribution in [-0.2, 0) is 38.4 Å². The van der Waals surface area contributed by atoms with Gasteiger partial charge in [0.15, 0.2) is 0 Å². The first-order chi connectivity index (χ1) is 18.9. The van der Waals surface area contributed by atoms with Crippen molar-refractivity contribution in [2.45, 2.75) is 33.2 Å². The van der Waals surface area contributed by atoms with Crippen molar-refractivity contribution in [3.63, 3.8) is 0 Å². The van der Waals surface area contributed by atoms with Crippen molar-refractivity contribution < 1.29 is 19.1 Å². The van der Waals surface area contributed by atoms with Crippen LogP contribution in [0.5, 0.6) is 0 Å². The Morgan fingerprint density at radius 2 is 1.10 bits per heavy atom. The van der Waals surface area contributed by atoms with Crippen molar-refractivity contribution in [2.75, 3.05) is 14.2 Å². The third-order valence-corrected chi connectivity index (χ3v) is 6.76. The van der Waals surface area contributed by atoms with E-state index in [2.05, 4.69) is 26.0 Å². The summed E-state index contributed by atoms with van der Waals surface area (Å²) in [5, 5.41) is 12.1. The SMILES string of the molecule is COC(=O)Cc1ccc(-c2c3ccccc3c(-c3ccc(CC(=O)OC)cc3)c3nn(CC(C)C)nc23)cc1. The number of rotatable bonds is 8. The second-order valence-electron chi connectivity index (χ2n) is 10.0. The van der Waals surface area contributed by atoms with E-state index in [4.69, 9.17) is 19.7 Å². The molecule has 0 spiro atoms. The number of fused-ring (bicyclic) bond motifs is 2. The molecule has 0 aliphatic heterocycles. The number of aromatic nitrogens is 3. The molecule has 0 bridgehead atoms. The van der Waals surface area contributed by atoms with Crippen LogP contribution >= 0.6 is 0 Å². The molecule has 39 heavy (non-hydrogen) atoms. The number of nitrogens with zero attached hydrogens (tertiary/aromatic N) is 3. The van der Waals surface area contributed by atoms with Crippen molar-refractivity contribution in [1.82, 2.24) is 15.0 Å². The standard InChI is InChI=1S/C32H31N3O4/c1-20(2)19-35-33-31-29(23-13-9-21(10-14-23)17-27(36)38-3)25-7-5-6-8-26(25)30(32(31)34-35)24-15-11-22(12-16-24)18-28(37)39-4/h5-16,20H,17-19H2,1-4H3. The van der Waals surface area contributed by atoms with E-state index in [1.807, 2.05) is 60.7 Å². The lowest BCUT2D eigenvalue weighted by molar-refractivity contribution is -0.140. The summed E-state index contributed by atoms with van der Waals surface area (Å²) in [5.41, 5.74) is 7.43. The van der Waals surface area contributed by atoms with Crippen LogP contribution in [0.25, 0.3) is 44.1 Å². The predicted octanol–water partition coefficient (Wildman–Crippen LogP) is 6.01. The highest BCUT2D eigenvalue weighted by molar-refractivity contribution is 6.19. The largest absolute Gasteiger partial charge is 0.469 e. The van der Waals surface area contributed by atoms with Crippen LogP contribution in [0.1, 0.15) is 25.0 Å². The van der Waals surface area contributed by atoms with Gasteiger partial charge in [0.2, 0.25) is 0 Å². The first kappa shape index (κ1) is 26.1. The predicted molar refractivity (Wildman–Crippen MR) is 152 cm³/mol. The van der Waals surface area contributed by atoms with Gasteiger partial charge in [0.25, 0.3) is 0 Å². The minimum atomic E-state index is -0.269. The quantitative estimate of drug-likeness (QED) is 0.233. The van der Waals surface area contributed by atoms with Gasteiger partial charge in [-0.3, -0.25) is 9.59 Å². The van der Waals surface area contributed by atoms with Gasteiger partial charge in [-0.2, -0.15) is 15.0 Å². The number of carbonyl (C=O) groups is 2. The molecular weight excluding hydrogens is 490 g/mol. The van der Waals surface area contributed by atoms with Crippen molar-refractivity contribution in [2.24, 2.45) is 5.92 Å². The summed E-state index contributed by atoms with van der Waals surface area (Å²) in [6.07, 6.45) is 0.449. The lowest BCUT2D eigenvalue weighted by atomic mass is 9.89. The van der Waals surface area contributed by atoms with Gasteiger partial charge in [-0.05, 0) is 38.9 Å². The van der Waals surface area contributed by atoms with E-state index < -0.39 is 0 Å². The molecule has 0 fully saturated rings. The van der Waals surface area contributed by atoms with Crippen LogP contribution in [0.3, 0.4) is 0 Å². The number of ether oxygens (including phenoxy) is 2. The number of esters is 2. The van der Waals surface area contributed by atoms with Gasteiger partial charge in [-0.1, -0.05) is 86.6 Å². The van der Waals surface area contributed by atoms with E-state index >= 15 is 0 Å². The first-order valence-corrected chi connectivity index (χ1v) is 13.0. The highest BCUT2D eigenvalue weighted by Crippen LogP contribution is 2.42. The van der Waals surface area contributed by atoms with Gasteiger partial charge in [0, 0.05) is 11.1 Å². The molecule has 7 nitrogen and oxygen atoms in total. The zero-order chi connectivity index (χ0) is 27.5. The Hall–Kier alpha value is -4.52. The fourth-order valence-electron chi connectivity index (χ4n) is 4.91. The number of hydrogen-bond acceptors (Lipinski definition) is 6. The van der Waals surface area contributed by atoms with Gasteiger partial charge in [0.1, 0.15) is 11.0 Å². The maximum atomic E-state index is 11.8. The number of benzene rings is 4. The Morgan fingerprint density at radius 3 is 1.46 bits per heavy atom. The van der Waals surface area contributed by atoms with E-state index in [-0.39, 0.29) is 24.8 Å². The number of methoxy groups -OCH3 is 2. The Kier molecular flexibility index (Phi) is 7.41. The van der Waals surface area contributed by atoms with Gasteiger partial charge < -0.3 is 9.47 Å². The van der Waals surface area contributed by atoms with Crippen LogP contribution in [0, 0.1) is 5.92 Å². The zero-order valence-electron chi connectivity index (χ0n) is 22.6. The Bertz CT molecular complexity index is 1530. The molecule has 198 valence electrons.